The average Bonchev–Trinajstić information content (AvgIpc) is 2.99. The molecule has 1 amide bonds. The smallest absolute Gasteiger partial charge is 0.265 e. The fourth-order valence-corrected chi connectivity index (χ4v) is 4.31. The molecule has 3 aromatic rings. The van der Waals surface area contributed by atoms with Gasteiger partial charge in [0, 0.05) is 13.6 Å². The Morgan fingerprint density at radius 2 is 2.00 bits per heavy atom. The van der Waals surface area contributed by atoms with E-state index >= 15 is 0 Å². The van der Waals surface area contributed by atoms with E-state index in [2.05, 4.69) is 25.8 Å². The highest BCUT2D eigenvalue weighted by atomic mass is 35.5. The summed E-state index contributed by atoms with van der Waals surface area (Å²) in [6.07, 6.45) is 0. The summed E-state index contributed by atoms with van der Waals surface area (Å²) < 4.78 is 2.01. The minimum absolute atomic E-state index is 0. The van der Waals surface area contributed by atoms with Gasteiger partial charge in [-0.3, -0.25) is 9.20 Å². The maximum atomic E-state index is 12.8. The number of nitrogens with zero attached hydrogens (tertiary/aromatic N) is 3. The highest BCUT2D eigenvalue weighted by molar-refractivity contribution is 7.19. The van der Waals surface area contributed by atoms with Crippen molar-refractivity contribution in [2.24, 2.45) is 5.41 Å². The molecule has 0 saturated carbocycles. The van der Waals surface area contributed by atoms with Gasteiger partial charge in [0.1, 0.15) is 4.88 Å². The summed E-state index contributed by atoms with van der Waals surface area (Å²) >= 11 is 7.59. The number of benzene rings is 1. The van der Waals surface area contributed by atoms with Crippen molar-refractivity contribution in [1.82, 2.24) is 14.3 Å². The summed E-state index contributed by atoms with van der Waals surface area (Å²) in [4.78, 5) is 20.7. The van der Waals surface area contributed by atoms with Crippen molar-refractivity contribution in [2.75, 3.05) is 13.6 Å². The van der Waals surface area contributed by atoms with Crippen LogP contribution >= 0.6 is 35.3 Å². The Labute approximate surface area is 156 Å². The number of halogens is 2. The van der Waals surface area contributed by atoms with Crippen molar-refractivity contribution in [3.8, 4) is 0 Å². The van der Waals surface area contributed by atoms with E-state index < -0.39 is 0 Å². The number of para-hydroxylation sites is 2. The second-order valence-corrected chi connectivity index (χ2v) is 8.20. The van der Waals surface area contributed by atoms with Gasteiger partial charge in [-0.15, -0.1) is 24.0 Å². The lowest BCUT2D eigenvalue weighted by atomic mass is 9.96. The molecule has 0 spiro atoms. The minimum atomic E-state index is 0. The lowest BCUT2D eigenvalue weighted by Gasteiger charge is -2.26. The third kappa shape index (κ3) is 3.39. The van der Waals surface area contributed by atoms with E-state index in [-0.39, 0.29) is 29.6 Å². The lowest BCUT2D eigenvalue weighted by Crippen LogP contribution is -2.34. The van der Waals surface area contributed by atoms with Crippen LogP contribution in [0.1, 0.15) is 36.1 Å². The molecule has 0 N–H and O–H groups in total. The predicted octanol–water partition coefficient (Wildman–Crippen LogP) is 4.83. The van der Waals surface area contributed by atoms with Gasteiger partial charge in [-0.2, -0.15) is 0 Å². The van der Waals surface area contributed by atoms with Crippen LogP contribution in [0.15, 0.2) is 24.3 Å². The van der Waals surface area contributed by atoms with Gasteiger partial charge in [-0.25, -0.2) is 4.98 Å². The van der Waals surface area contributed by atoms with Crippen molar-refractivity contribution < 1.29 is 4.79 Å². The molecule has 2 aromatic heterocycles. The normalized spacial score (nSPS) is 11.7. The highest BCUT2D eigenvalue weighted by Crippen LogP contribution is 2.30. The zero-order chi connectivity index (χ0) is 16.8. The average molecular weight is 386 g/mol. The van der Waals surface area contributed by atoms with Crippen LogP contribution in [0.5, 0.6) is 0 Å². The van der Waals surface area contributed by atoms with E-state index in [4.69, 9.17) is 11.6 Å². The lowest BCUT2D eigenvalue weighted by molar-refractivity contribution is 0.0749. The van der Waals surface area contributed by atoms with E-state index in [0.29, 0.717) is 11.4 Å². The second-order valence-electron chi connectivity index (χ2n) is 6.95. The van der Waals surface area contributed by atoms with Gasteiger partial charge in [0.15, 0.2) is 4.96 Å². The standard InChI is InChI=1S/C17H20ClN3OS.ClH/c1-17(2,3)10-20(4)15(22)14-13(9-18)21-12-8-6-5-7-11(12)19-16(21)23-14;/h5-8H,9-10H2,1-4H3;1H. The Morgan fingerprint density at radius 3 is 2.62 bits per heavy atom. The number of rotatable bonds is 3. The summed E-state index contributed by atoms with van der Waals surface area (Å²) in [5, 5.41) is 0. The van der Waals surface area contributed by atoms with Crippen molar-refractivity contribution in [1.29, 1.82) is 0 Å². The number of amides is 1. The van der Waals surface area contributed by atoms with Crippen LogP contribution in [-0.2, 0) is 5.88 Å². The number of hydrogen-bond acceptors (Lipinski definition) is 3. The van der Waals surface area contributed by atoms with E-state index in [1.54, 1.807) is 4.90 Å². The van der Waals surface area contributed by atoms with Gasteiger partial charge in [-0.05, 0) is 17.5 Å². The van der Waals surface area contributed by atoms with Gasteiger partial charge in [-0.1, -0.05) is 44.2 Å². The molecular weight excluding hydrogens is 365 g/mol. The Bertz CT molecular complexity index is 879. The van der Waals surface area contributed by atoms with Crippen LogP contribution < -0.4 is 0 Å². The summed E-state index contributed by atoms with van der Waals surface area (Å²) in [7, 11) is 1.84. The second kappa shape index (κ2) is 6.90. The number of carbonyl (C=O) groups excluding carboxylic acids is 1. The number of alkyl halides is 1. The van der Waals surface area contributed by atoms with Crippen LogP contribution in [0.3, 0.4) is 0 Å². The van der Waals surface area contributed by atoms with Crippen LogP contribution in [0.2, 0.25) is 0 Å². The summed E-state index contributed by atoms with van der Waals surface area (Å²) in [5.41, 5.74) is 2.79. The third-order valence-electron chi connectivity index (χ3n) is 3.63. The summed E-state index contributed by atoms with van der Waals surface area (Å²) in [6, 6.07) is 7.91. The first-order chi connectivity index (χ1) is 10.8. The van der Waals surface area contributed by atoms with Gasteiger partial charge >= 0.3 is 0 Å². The molecular formula is C17H21Cl2N3OS. The quantitative estimate of drug-likeness (QED) is 0.605. The third-order valence-corrected chi connectivity index (χ3v) is 4.96. The van der Waals surface area contributed by atoms with E-state index in [0.717, 1.165) is 21.7 Å². The van der Waals surface area contributed by atoms with Gasteiger partial charge < -0.3 is 4.90 Å². The predicted molar refractivity (Wildman–Crippen MR) is 104 cm³/mol. The molecule has 0 saturated heterocycles. The SMILES string of the molecule is CN(CC(C)(C)C)C(=O)c1sc2nc3ccccc3n2c1CCl.Cl. The molecule has 7 heteroatoms. The first-order valence-corrected chi connectivity index (χ1v) is 8.87. The molecule has 4 nitrogen and oxygen atoms in total. The molecule has 24 heavy (non-hydrogen) atoms. The molecule has 3 rings (SSSR count). The first kappa shape index (κ1) is 19.0. The van der Waals surface area contributed by atoms with Crippen LogP contribution in [0.4, 0.5) is 0 Å². The highest BCUT2D eigenvalue weighted by Gasteiger charge is 2.25. The molecule has 0 bridgehead atoms. The zero-order valence-electron chi connectivity index (χ0n) is 14.2. The molecule has 0 atom stereocenters. The largest absolute Gasteiger partial charge is 0.340 e. The monoisotopic (exact) mass is 385 g/mol. The zero-order valence-corrected chi connectivity index (χ0v) is 16.6. The van der Waals surface area contributed by atoms with Gasteiger partial charge in [0.25, 0.3) is 5.91 Å². The van der Waals surface area contributed by atoms with Crippen molar-refractivity contribution in [2.45, 2.75) is 26.7 Å². The molecule has 0 aliphatic heterocycles. The Morgan fingerprint density at radius 1 is 1.33 bits per heavy atom. The number of thiazole rings is 1. The molecule has 0 radical (unpaired) electrons. The molecule has 2 heterocycles. The molecule has 130 valence electrons. The molecule has 0 fully saturated rings. The van der Waals surface area contributed by atoms with E-state index in [9.17, 15) is 4.79 Å². The van der Waals surface area contributed by atoms with Crippen molar-refractivity contribution in [3.05, 3.63) is 34.8 Å². The first-order valence-electron chi connectivity index (χ1n) is 7.52. The summed E-state index contributed by atoms with van der Waals surface area (Å²) in [5.74, 6) is 0.292. The van der Waals surface area contributed by atoms with Gasteiger partial charge in [0.2, 0.25) is 0 Å². The van der Waals surface area contributed by atoms with Crippen molar-refractivity contribution in [3.63, 3.8) is 0 Å². The number of hydrogen-bond donors (Lipinski definition) is 0. The Hall–Kier alpha value is -1.30. The minimum Gasteiger partial charge on any atom is -0.340 e. The van der Waals surface area contributed by atoms with E-state index in [1.807, 2.05) is 35.7 Å². The Balaban J connectivity index is 0.00000208. The Kier molecular flexibility index (Phi) is 5.47. The van der Waals surface area contributed by atoms with Crippen LogP contribution in [-0.4, -0.2) is 33.8 Å². The fourth-order valence-electron chi connectivity index (χ4n) is 2.83. The number of fused-ring (bicyclic) bond motifs is 3. The van der Waals surface area contributed by atoms with Gasteiger partial charge in [0.05, 0.1) is 22.6 Å². The number of imidazole rings is 1. The van der Waals surface area contributed by atoms with Crippen LogP contribution in [0, 0.1) is 5.41 Å². The van der Waals surface area contributed by atoms with Crippen molar-refractivity contribution >= 4 is 57.2 Å². The molecule has 0 aliphatic carbocycles. The molecule has 0 unspecified atom stereocenters. The number of aromatic nitrogens is 2. The molecule has 0 aliphatic rings. The van der Waals surface area contributed by atoms with Crippen LogP contribution in [0.25, 0.3) is 16.0 Å². The number of carbonyl (C=O) groups is 1. The fraction of sp³-hybridized carbons (Fsp3) is 0.412. The summed E-state index contributed by atoms with van der Waals surface area (Å²) in [6.45, 7) is 7.05. The topological polar surface area (TPSA) is 37.6 Å². The maximum Gasteiger partial charge on any atom is 0.265 e. The van der Waals surface area contributed by atoms with E-state index in [1.165, 1.54) is 11.3 Å². The molecule has 1 aromatic carbocycles. The maximum absolute atomic E-state index is 12.8.